The molecule has 0 saturated heterocycles. The molecule has 112 valence electrons. The normalized spacial score (nSPS) is 11.4. The number of nitriles is 1. The van der Waals surface area contributed by atoms with E-state index in [1.54, 1.807) is 0 Å². The van der Waals surface area contributed by atoms with E-state index in [4.69, 9.17) is 4.74 Å². The molecule has 2 aromatic carbocycles. The lowest BCUT2D eigenvalue weighted by Gasteiger charge is -2.11. The number of hydrogen-bond donors (Lipinski definition) is 0. The first-order chi connectivity index (χ1) is 10.5. The molecule has 0 aliphatic heterocycles. The van der Waals surface area contributed by atoms with Gasteiger partial charge < -0.3 is 4.74 Å². The second-order valence-corrected chi connectivity index (χ2v) is 6.25. The van der Waals surface area contributed by atoms with Crippen LogP contribution in [0, 0.1) is 18.3 Å². The lowest BCUT2D eigenvalue weighted by molar-refractivity contribution is 0.241. The fourth-order valence-corrected chi connectivity index (χ4v) is 2.53. The van der Waals surface area contributed by atoms with E-state index in [1.165, 1.54) is 5.56 Å². The van der Waals surface area contributed by atoms with Gasteiger partial charge in [-0.2, -0.15) is 5.26 Å². The number of ether oxygens (including phenoxy) is 1. The van der Waals surface area contributed by atoms with Gasteiger partial charge >= 0.3 is 0 Å². The Balaban J connectivity index is 2.32. The van der Waals surface area contributed by atoms with Gasteiger partial charge in [-0.15, -0.1) is 0 Å². The van der Waals surface area contributed by atoms with Crippen LogP contribution in [0.4, 0.5) is 0 Å². The van der Waals surface area contributed by atoms with Crippen molar-refractivity contribution < 1.29 is 4.74 Å². The molecule has 0 atom stereocenters. The molecule has 2 nitrogen and oxygen atoms in total. The molecule has 0 radical (unpaired) electrons. The van der Waals surface area contributed by atoms with Gasteiger partial charge in [-0.1, -0.05) is 35.9 Å². The number of hydrogen-bond acceptors (Lipinski definition) is 2. The Morgan fingerprint density at radius 2 is 1.86 bits per heavy atom. The van der Waals surface area contributed by atoms with E-state index in [0.29, 0.717) is 5.57 Å². The van der Waals surface area contributed by atoms with Crippen molar-refractivity contribution in [2.24, 2.45) is 0 Å². The van der Waals surface area contributed by atoms with E-state index in [9.17, 15) is 5.26 Å². The molecular weight excluding hydrogens is 338 g/mol. The van der Waals surface area contributed by atoms with Crippen molar-refractivity contribution in [1.29, 1.82) is 5.26 Å². The van der Waals surface area contributed by atoms with Gasteiger partial charge in [0, 0.05) is 0 Å². The Kier molecular flexibility index (Phi) is 5.41. The summed E-state index contributed by atoms with van der Waals surface area (Å²) in [4.78, 5) is 0. The van der Waals surface area contributed by atoms with Gasteiger partial charge in [0.05, 0.1) is 22.2 Å². The Morgan fingerprint density at radius 3 is 2.41 bits per heavy atom. The highest BCUT2D eigenvalue weighted by Gasteiger charge is 2.06. The molecule has 0 spiro atoms. The van der Waals surface area contributed by atoms with Gasteiger partial charge in [-0.25, -0.2) is 0 Å². The number of benzene rings is 2. The summed E-state index contributed by atoms with van der Waals surface area (Å²) in [6.45, 7) is 6.01. The number of allylic oxidation sites excluding steroid dienone is 1. The number of nitrogens with zero attached hydrogens (tertiary/aromatic N) is 1. The fourth-order valence-electron chi connectivity index (χ4n) is 2.04. The molecule has 0 unspecified atom stereocenters. The van der Waals surface area contributed by atoms with Gasteiger partial charge in [-0.05, 0) is 66.0 Å². The summed E-state index contributed by atoms with van der Waals surface area (Å²) < 4.78 is 6.58. The summed E-state index contributed by atoms with van der Waals surface area (Å²) in [5.74, 6) is 0.806. The van der Waals surface area contributed by atoms with Gasteiger partial charge in [-0.3, -0.25) is 0 Å². The van der Waals surface area contributed by atoms with Crippen LogP contribution in [0.25, 0.3) is 11.6 Å². The molecule has 0 heterocycles. The maximum absolute atomic E-state index is 9.40. The van der Waals surface area contributed by atoms with Gasteiger partial charge in [0.1, 0.15) is 5.75 Å². The quantitative estimate of drug-likeness (QED) is 0.527. The van der Waals surface area contributed by atoms with Crippen LogP contribution in [0.1, 0.15) is 30.5 Å². The minimum Gasteiger partial charge on any atom is -0.490 e. The SMILES string of the molecule is Cc1ccc(/C(C#N)=C\c2ccc(OC(C)C)c(Br)c2)cc1. The second kappa shape index (κ2) is 7.29. The third-order valence-electron chi connectivity index (χ3n) is 3.11. The Hall–Kier alpha value is -2.05. The van der Waals surface area contributed by atoms with Crippen LogP contribution < -0.4 is 4.74 Å². The summed E-state index contributed by atoms with van der Waals surface area (Å²) in [6.07, 6.45) is 2.01. The van der Waals surface area contributed by atoms with Crippen LogP contribution in [0.15, 0.2) is 46.9 Å². The van der Waals surface area contributed by atoms with Crippen LogP contribution in [-0.4, -0.2) is 6.10 Å². The molecule has 0 aliphatic rings. The van der Waals surface area contributed by atoms with Crippen molar-refractivity contribution in [2.75, 3.05) is 0 Å². The van der Waals surface area contributed by atoms with Crippen LogP contribution >= 0.6 is 15.9 Å². The first kappa shape index (κ1) is 16.3. The number of rotatable bonds is 4. The minimum absolute atomic E-state index is 0.125. The average Bonchev–Trinajstić information content (AvgIpc) is 2.48. The molecule has 0 saturated carbocycles. The largest absolute Gasteiger partial charge is 0.490 e. The van der Waals surface area contributed by atoms with E-state index >= 15 is 0 Å². The van der Waals surface area contributed by atoms with Crippen molar-refractivity contribution in [2.45, 2.75) is 26.9 Å². The van der Waals surface area contributed by atoms with Crippen molar-refractivity contribution in [3.05, 3.63) is 63.6 Å². The van der Waals surface area contributed by atoms with Crippen molar-refractivity contribution in [3.63, 3.8) is 0 Å². The third kappa shape index (κ3) is 4.22. The molecular formula is C19H18BrNO. The lowest BCUT2D eigenvalue weighted by Crippen LogP contribution is -2.05. The van der Waals surface area contributed by atoms with Crippen molar-refractivity contribution >= 4 is 27.6 Å². The van der Waals surface area contributed by atoms with E-state index in [2.05, 4.69) is 22.0 Å². The summed E-state index contributed by atoms with van der Waals surface area (Å²) in [5.41, 5.74) is 3.70. The van der Waals surface area contributed by atoms with E-state index in [-0.39, 0.29) is 6.10 Å². The van der Waals surface area contributed by atoms with Crippen molar-refractivity contribution in [1.82, 2.24) is 0 Å². The van der Waals surface area contributed by atoms with Crippen LogP contribution in [0.5, 0.6) is 5.75 Å². The molecule has 0 amide bonds. The molecule has 0 aromatic heterocycles. The average molecular weight is 356 g/mol. The zero-order valence-electron chi connectivity index (χ0n) is 12.9. The van der Waals surface area contributed by atoms with Gasteiger partial charge in [0.25, 0.3) is 0 Å². The van der Waals surface area contributed by atoms with Gasteiger partial charge in [0.2, 0.25) is 0 Å². The zero-order valence-corrected chi connectivity index (χ0v) is 14.5. The first-order valence-corrected chi connectivity index (χ1v) is 7.94. The molecule has 2 aromatic rings. The Labute approximate surface area is 140 Å². The summed E-state index contributed by atoms with van der Waals surface area (Å²) in [6, 6.07) is 16.1. The highest BCUT2D eigenvalue weighted by atomic mass is 79.9. The van der Waals surface area contributed by atoms with E-state index in [0.717, 1.165) is 21.3 Å². The molecule has 0 bridgehead atoms. The lowest BCUT2D eigenvalue weighted by atomic mass is 10.0. The summed E-state index contributed by atoms with van der Waals surface area (Å²) in [7, 11) is 0. The summed E-state index contributed by atoms with van der Waals surface area (Å²) in [5, 5.41) is 9.40. The third-order valence-corrected chi connectivity index (χ3v) is 3.73. The van der Waals surface area contributed by atoms with Gasteiger partial charge in [0.15, 0.2) is 0 Å². The van der Waals surface area contributed by atoms with Crippen LogP contribution in [0.3, 0.4) is 0 Å². The fraction of sp³-hybridized carbons (Fsp3) is 0.211. The number of aryl methyl sites for hydroxylation is 1. The van der Waals surface area contributed by atoms with Crippen LogP contribution in [0.2, 0.25) is 0 Å². The number of halogens is 1. The highest BCUT2D eigenvalue weighted by Crippen LogP contribution is 2.28. The van der Waals surface area contributed by atoms with Crippen molar-refractivity contribution in [3.8, 4) is 11.8 Å². The highest BCUT2D eigenvalue weighted by molar-refractivity contribution is 9.10. The Morgan fingerprint density at radius 1 is 1.18 bits per heavy atom. The molecule has 0 aliphatic carbocycles. The monoisotopic (exact) mass is 355 g/mol. The maximum Gasteiger partial charge on any atom is 0.133 e. The second-order valence-electron chi connectivity index (χ2n) is 5.39. The molecule has 2 rings (SSSR count). The van der Waals surface area contributed by atoms with E-state index in [1.807, 2.05) is 69.3 Å². The zero-order chi connectivity index (χ0) is 16.1. The first-order valence-electron chi connectivity index (χ1n) is 7.14. The predicted octanol–water partition coefficient (Wildman–Crippen LogP) is 5.61. The smallest absolute Gasteiger partial charge is 0.133 e. The molecule has 0 N–H and O–H groups in total. The summed E-state index contributed by atoms with van der Waals surface area (Å²) >= 11 is 3.52. The molecule has 3 heteroatoms. The predicted molar refractivity (Wildman–Crippen MR) is 94.6 cm³/mol. The standard InChI is InChI=1S/C19H18BrNO/c1-13(2)22-19-9-6-15(11-18(19)20)10-17(12-21)16-7-4-14(3)5-8-16/h4-11,13H,1-3H3/b17-10-. The Bertz CT molecular complexity index is 724. The molecule has 0 fully saturated rings. The molecule has 22 heavy (non-hydrogen) atoms. The maximum atomic E-state index is 9.40. The minimum atomic E-state index is 0.125. The van der Waals surface area contributed by atoms with E-state index < -0.39 is 0 Å². The topological polar surface area (TPSA) is 33.0 Å². The van der Waals surface area contributed by atoms with Crippen LogP contribution in [-0.2, 0) is 0 Å².